The normalized spacial score (nSPS) is 11.5. The zero-order chi connectivity index (χ0) is 15.1. The highest BCUT2D eigenvalue weighted by Crippen LogP contribution is 2.12. The van der Waals surface area contributed by atoms with E-state index in [-0.39, 0.29) is 0 Å². The molecular formula is C17H22N4. The fraction of sp³-hybridized carbons (Fsp3) is 0.353. The van der Waals surface area contributed by atoms with Crippen LogP contribution in [0.3, 0.4) is 0 Å². The first-order chi connectivity index (χ1) is 10.1. The molecule has 2 heterocycles. The van der Waals surface area contributed by atoms with Crippen LogP contribution >= 0.6 is 0 Å². The highest BCUT2D eigenvalue weighted by atomic mass is 15.4. The Hall–Kier alpha value is -2.23. The first kappa shape index (κ1) is 15.2. The summed E-state index contributed by atoms with van der Waals surface area (Å²) in [4.78, 5) is 4.28. The lowest BCUT2D eigenvalue weighted by Gasteiger charge is -1.99. The first-order valence-corrected chi connectivity index (χ1v) is 7.25. The Morgan fingerprint density at radius 2 is 2.00 bits per heavy atom. The van der Waals surface area contributed by atoms with Crippen molar-refractivity contribution in [2.75, 3.05) is 0 Å². The molecule has 0 bridgehead atoms. The quantitative estimate of drug-likeness (QED) is 0.751. The van der Waals surface area contributed by atoms with Gasteiger partial charge >= 0.3 is 0 Å². The van der Waals surface area contributed by atoms with Crippen molar-refractivity contribution in [3.05, 3.63) is 53.9 Å². The molecule has 0 aliphatic rings. The minimum Gasteiger partial charge on any atom is -0.254 e. The van der Waals surface area contributed by atoms with Crippen molar-refractivity contribution in [2.45, 2.75) is 40.2 Å². The number of hydrogen-bond acceptors (Lipinski definition) is 3. The van der Waals surface area contributed by atoms with E-state index in [2.05, 4.69) is 48.2 Å². The third-order valence-corrected chi connectivity index (χ3v) is 3.18. The van der Waals surface area contributed by atoms with E-state index < -0.39 is 0 Å². The molecule has 0 atom stereocenters. The summed E-state index contributed by atoms with van der Waals surface area (Å²) in [6, 6.07) is 5.79. The second-order valence-corrected chi connectivity index (χ2v) is 5.41. The molecule has 2 aromatic rings. The van der Waals surface area contributed by atoms with Crippen molar-refractivity contribution in [3.8, 4) is 11.4 Å². The van der Waals surface area contributed by atoms with Gasteiger partial charge in [0.1, 0.15) is 5.69 Å². The minimum absolute atomic E-state index is 0.750. The van der Waals surface area contributed by atoms with Crippen molar-refractivity contribution >= 4 is 0 Å². The number of aromatic nitrogens is 4. The number of rotatable bonds is 6. The molecular weight excluding hydrogens is 260 g/mol. The Kier molecular flexibility index (Phi) is 5.43. The van der Waals surface area contributed by atoms with Crippen LogP contribution in [0.5, 0.6) is 0 Å². The van der Waals surface area contributed by atoms with E-state index in [9.17, 15) is 0 Å². The van der Waals surface area contributed by atoms with E-state index in [1.807, 2.05) is 29.1 Å². The molecule has 21 heavy (non-hydrogen) atoms. The Labute approximate surface area is 126 Å². The maximum Gasteiger partial charge on any atom is 0.131 e. The molecule has 110 valence electrons. The van der Waals surface area contributed by atoms with Crippen LogP contribution in [0.1, 0.15) is 33.6 Å². The van der Waals surface area contributed by atoms with Gasteiger partial charge in [0.25, 0.3) is 0 Å². The molecule has 4 nitrogen and oxygen atoms in total. The van der Waals surface area contributed by atoms with Crippen molar-refractivity contribution in [2.24, 2.45) is 0 Å². The SMILES string of the molecule is CC(C)=CCCC(C)=CCn1cc(-c2ccccn2)nn1. The van der Waals surface area contributed by atoms with E-state index in [1.54, 1.807) is 6.20 Å². The van der Waals surface area contributed by atoms with Crippen LogP contribution in [0.25, 0.3) is 11.4 Å². The Bertz CT molecular complexity index is 619. The summed E-state index contributed by atoms with van der Waals surface area (Å²) in [5.41, 5.74) is 4.42. The van der Waals surface area contributed by atoms with Gasteiger partial charge in [-0.15, -0.1) is 5.10 Å². The predicted molar refractivity (Wildman–Crippen MR) is 85.7 cm³/mol. The summed E-state index contributed by atoms with van der Waals surface area (Å²) in [6.45, 7) is 7.18. The van der Waals surface area contributed by atoms with Gasteiger partial charge in [-0.1, -0.05) is 34.6 Å². The van der Waals surface area contributed by atoms with Gasteiger partial charge in [-0.05, 0) is 45.7 Å². The number of pyridine rings is 1. The molecule has 0 saturated heterocycles. The summed E-state index contributed by atoms with van der Waals surface area (Å²) < 4.78 is 1.84. The van der Waals surface area contributed by atoms with Gasteiger partial charge in [-0.3, -0.25) is 4.98 Å². The van der Waals surface area contributed by atoms with Gasteiger partial charge in [0, 0.05) is 6.20 Å². The standard InChI is InChI=1S/C17H22N4/c1-14(2)7-6-8-15(3)10-12-21-13-17(19-20-21)16-9-4-5-11-18-16/h4-5,7,9-11,13H,6,8,12H2,1-3H3. The molecule has 0 aromatic carbocycles. The molecule has 0 unspecified atom stereocenters. The van der Waals surface area contributed by atoms with Crippen LogP contribution < -0.4 is 0 Å². The Morgan fingerprint density at radius 1 is 1.14 bits per heavy atom. The molecule has 0 aliphatic heterocycles. The molecule has 0 N–H and O–H groups in total. The van der Waals surface area contributed by atoms with Crippen molar-refractivity contribution in [1.29, 1.82) is 0 Å². The number of hydrogen-bond donors (Lipinski definition) is 0. The van der Waals surface area contributed by atoms with Crippen LogP contribution in [-0.4, -0.2) is 20.0 Å². The van der Waals surface area contributed by atoms with Crippen LogP contribution in [0.2, 0.25) is 0 Å². The summed E-state index contributed by atoms with van der Waals surface area (Å²) in [7, 11) is 0. The van der Waals surface area contributed by atoms with Crippen LogP contribution in [0.15, 0.2) is 53.9 Å². The molecule has 0 saturated carbocycles. The zero-order valence-electron chi connectivity index (χ0n) is 13.0. The summed E-state index contributed by atoms with van der Waals surface area (Å²) in [5.74, 6) is 0. The van der Waals surface area contributed by atoms with Crippen LogP contribution in [-0.2, 0) is 6.54 Å². The van der Waals surface area contributed by atoms with Crippen LogP contribution in [0.4, 0.5) is 0 Å². The molecule has 0 amide bonds. The largest absolute Gasteiger partial charge is 0.254 e. The highest BCUT2D eigenvalue weighted by molar-refractivity contribution is 5.51. The second kappa shape index (κ2) is 7.53. The Balaban J connectivity index is 1.92. The number of allylic oxidation sites excluding steroid dienone is 4. The van der Waals surface area contributed by atoms with Gasteiger partial charge in [0.15, 0.2) is 0 Å². The van der Waals surface area contributed by atoms with E-state index in [0.717, 1.165) is 30.8 Å². The predicted octanol–water partition coefficient (Wildman–Crippen LogP) is 4.03. The number of nitrogens with zero attached hydrogens (tertiary/aromatic N) is 4. The molecule has 4 heteroatoms. The van der Waals surface area contributed by atoms with E-state index in [4.69, 9.17) is 0 Å². The topological polar surface area (TPSA) is 43.6 Å². The average Bonchev–Trinajstić information content (AvgIpc) is 2.94. The lowest BCUT2D eigenvalue weighted by molar-refractivity contribution is 0.657. The lowest BCUT2D eigenvalue weighted by Crippen LogP contribution is -1.96. The van der Waals surface area contributed by atoms with Crippen LogP contribution in [0, 0.1) is 0 Å². The summed E-state index contributed by atoms with van der Waals surface area (Å²) >= 11 is 0. The molecule has 2 rings (SSSR count). The first-order valence-electron chi connectivity index (χ1n) is 7.25. The smallest absolute Gasteiger partial charge is 0.131 e. The molecule has 0 aliphatic carbocycles. The molecule has 0 fully saturated rings. The van der Waals surface area contributed by atoms with E-state index >= 15 is 0 Å². The zero-order valence-corrected chi connectivity index (χ0v) is 13.0. The fourth-order valence-corrected chi connectivity index (χ4v) is 1.96. The van der Waals surface area contributed by atoms with Crippen molar-refractivity contribution < 1.29 is 0 Å². The molecule has 0 radical (unpaired) electrons. The second-order valence-electron chi connectivity index (χ2n) is 5.41. The third kappa shape index (κ3) is 4.99. The van der Waals surface area contributed by atoms with E-state index in [1.165, 1.54) is 11.1 Å². The summed E-state index contributed by atoms with van der Waals surface area (Å²) in [6.07, 6.45) is 10.4. The highest BCUT2D eigenvalue weighted by Gasteiger charge is 2.03. The fourth-order valence-electron chi connectivity index (χ4n) is 1.96. The van der Waals surface area contributed by atoms with Gasteiger partial charge in [0.2, 0.25) is 0 Å². The molecule has 0 spiro atoms. The lowest BCUT2D eigenvalue weighted by atomic mass is 10.1. The minimum atomic E-state index is 0.750. The Morgan fingerprint density at radius 3 is 2.71 bits per heavy atom. The average molecular weight is 282 g/mol. The van der Waals surface area contributed by atoms with Gasteiger partial charge in [-0.2, -0.15) is 0 Å². The third-order valence-electron chi connectivity index (χ3n) is 3.18. The molecule has 2 aromatic heterocycles. The van der Waals surface area contributed by atoms with E-state index in [0.29, 0.717) is 0 Å². The summed E-state index contributed by atoms with van der Waals surface area (Å²) in [5, 5.41) is 8.30. The van der Waals surface area contributed by atoms with Gasteiger partial charge in [-0.25, -0.2) is 4.68 Å². The maximum atomic E-state index is 4.28. The van der Waals surface area contributed by atoms with Gasteiger partial charge in [0.05, 0.1) is 18.4 Å². The van der Waals surface area contributed by atoms with Crippen molar-refractivity contribution in [3.63, 3.8) is 0 Å². The monoisotopic (exact) mass is 282 g/mol. The maximum absolute atomic E-state index is 4.28. The van der Waals surface area contributed by atoms with Gasteiger partial charge < -0.3 is 0 Å². The van der Waals surface area contributed by atoms with Crippen molar-refractivity contribution in [1.82, 2.24) is 20.0 Å².